The van der Waals surface area contributed by atoms with Gasteiger partial charge in [0.25, 0.3) is 10.2 Å². The fourth-order valence-electron chi connectivity index (χ4n) is 0.871. The van der Waals surface area contributed by atoms with Crippen LogP contribution in [0, 0.1) is 0 Å². The Labute approximate surface area is 79.4 Å². The highest BCUT2D eigenvalue weighted by molar-refractivity contribution is 7.87. The number of nitrogens with two attached hydrogens (primary N) is 2. The minimum absolute atomic E-state index is 0.253. The van der Waals surface area contributed by atoms with Gasteiger partial charge in [-0.15, -0.1) is 0 Å². The molecule has 0 aliphatic rings. The summed E-state index contributed by atoms with van der Waals surface area (Å²) in [6.45, 7) is 3.37. The maximum Gasteiger partial charge on any atom is 0.279 e. The largest absolute Gasteiger partial charge is 0.329 e. The van der Waals surface area contributed by atoms with Gasteiger partial charge < -0.3 is 11.5 Å². The number of nitrogens with one attached hydrogen (secondary N) is 1. The van der Waals surface area contributed by atoms with E-state index in [1.165, 1.54) is 4.31 Å². The Morgan fingerprint density at radius 1 is 1.31 bits per heavy atom. The summed E-state index contributed by atoms with van der Waals surface area (Å²) in [6.07, 6.45) is 0. The zero-order chi connectivity index (χ0) is 10.3. The molecule has 5 N–H and O–H groups in total. The van der Waals surface area contributed by atoms with Crippen molar-refractivity contribution in [2.75, 3.05) is 32.7 Å². The normalized spacial score (nSPS) is 12.3. The molecule has 0 spiro atoms. The van der Waals surface area contributed by atoms with Crippen LogP contribution in [0.2, 0.25) is 0 Å². The van der Waals surface area contributed by atoms with Crippen LogP contribution in [0.3, 0.4) is 0 Å². The van der Waals surface area contributed by atoms with Gasteiger partial charge in [-0.3, -0.25) is 0 Å². The third-order valence-electron chi connectivity index (χ3n) is 1.50. The Morgan fingerprint density at radius 3 is 2.31 bits per heavy atom. The molecule has 0 bridgehead atoms. The molecular formula is C6H18N4O2S. The highest BCUT2D eigenvalue weighted by Gasteiger charge is 2.17. The lowest BCUT2D eigenvalue weighted by Crippen LogP contribution is -2.44. The average molecular weight is 210 g/mol. The predicted molar refractivity (Wildman–Crippen MR) is 52.3 cm³/mol. The Morgan fingerprint density at radius 2 is 1.92 bits per heavy atom. The molecule has 0 rings (SSSR count). The van der Waals surface area contributed by atoms with Gasteiger partial charge in [-0.25, -0.2) is 4.72 Å². The van der Waals surface area contributed by atoms with E-state index < -0.39 is 10.2 Å². The third-order valence-corrected chi connectivity index (χ3v) is 3.19. The molecule has 0 amide bonds. The Balaban J connectivity index is 4.21. The molecule has 0 heterocycles. The molecule has 6 nitrogen and oxygen atoms in total. The molecule has 0 saturated heterocycles. The van der Waals surface area contributed by atoms with Crippen LogP contribution in [0.5, 0.6) is 0 Å². The molecule has 0 aliphatic heterocycles. The second-order valence-corrected chi connectivity index (χ2v) is 4.22. The molecule has 0 radical (unpaired) electrons. The molecule has 0 atom stereocenters. The molecule has 80 valence electrons. The van der Waals surface area contributed by atoms with Crippen LogP contribution in [0.15, 0.2) is 0 Å². The first-order valence-electron chi connectivity index (χ1n) is 4.23. The number of hydrogen-bond acceptors (Lipinski definition) is 4. The number of hydrogen-bond donors (Lipinski definition) is 3. The first kappa shape index (κ1) is 12.8. The minimum atomic E-state index is -3.37. The first-order valence-corrected chi connectivity index (χ1v) is 5.67. The van der Waals surface area contributed by atoms with E-state index in [9.17, 15) is 8.42 Å². The monoisotopic (exact) mass is 210 g/mol. The first-order chi connectivity index (χ1) is 6.08. The van der Waals surface area contributed by atoms with Gasteiger partial charge in [0.1, 0.15) is 0 Å². The topological polar surface area (TPSA) is 101 Å². The van der Waals surface area contributed by atoms with E-state index in [0.717, 1.165) is 0 Å². The van der Waals surface area contributed by atoms with Crippen LogP contribution in [0.4, 0.5) is 0 Å². The molecule has 0 unspecified atom stereocenters. The smallest absolute Gasteiger partial charge is 0.279 e. The lowest BCUT2D eigenvalue weighted by Gasteiger charge is -2.19. The number of likely N-dealkylation sites (N-methyl/N-ethyl adjacent to an activating group) is 1. The zero-order valence-electron chi connectivity index (χ0n) is 7.86. The van der Waals surface area contributed by atoms with E-state index in [0.29, 0.717) is 26.2 Å². The van der Waals surface area contributed by atoms with Crippen LogP contribution >= 0.6 is 0 Å². The van der Waals surface area contributed by atoms with Gasteiger partial charge in [0.2, 0.25) is 0 Å². The molecule has 0 aromatic heterocycles. The Kier molecular flexibility index (Phi) is 6.17. The lowest BCUT2D eigenvalue weighted by atomic mass is 10.6. The van der Waals surface area contributed by atoms with E-state index >= 15 is 0 Å². The van der Waals surface area contributed by atoms with Crippen LogP contribution < -0.4 is 16.2 Å². The van der Waals surface area contributed by atoms with E-state index in [2.05, 4.69) is 4.72 Å². The van der Waals surface area contributed by atoms with Crippen molar-refractivity contribution in [3.8, 4) is 0 Å². The van der Waals surface area contributed by atoms with Gasteiger partial charge in [-0.2, -0.15) is 12.7 Å². The summed E-state index contributed by atoms with van der Waals surface area (Å²) in [6, 6.07) is 0. The average Bonchev–Trinajstić information content (AvgIpc) is 2.10. The number of rotatable bonds is 7. The maximum atomic E-state index is 11.4. The molecule has 0 saturated carbocycles. The van der Waals surface area contributed by atoms with Crippen LogP contribution in [-0.2, 0) is 10.2 Å². The SMILES string of the molecule is CCN(CCN)S(=O)(=O)NCCN. The van der Waals surface area contributed by atoms with E-state index in [-0.39, 0.29) is 6.54 Å². The van der Waals surface area contributed by atoms with Crippen molar-refractivity contribution >= 4 is 10.2 Å². The summed E-state index contributed by atoms with van der Waals surface area (Å²) in [5, 5.41) is 0. The molecule has 0 aromatic carbocycles. The maximum absolute atomic E-state index is 11.4. The highest BCUT2D eigenvalue weighted by Crippen LogP contribution is 1.94. The van der Waals surface area contributed by atoms with Crippen molar-refractivity contribution < 1.29 is 8.42 Å². The van der Waals surface area contributed by atoms with E-state index in [4.69, 9.17) is 11.5 Å². The standard InChI is InChI=1S/C6H18N4O2S/c1-2-10(6-4-8)13(11,12)9-5-3-7/h9H,2-8H2,1H3. The van der Waals surface area contributed by atoms with Crippen molar-refractivity contribution in [1.82, 2.24) is 9.03 Å². The van der Waals surface area contributed by atoms with Crippen LogP contribution in [0.25, 0.3) is 0 Å². The van der Waals surface area contributed by atoms with Crippen molar-refractivity contribution in [3.63, 3.8) is 0 Å². The van der Waals surface area contributed by atoms with Crippen LogP contribution in [-0.4, -0.2) is 45.4 Å². The highest BCUT2D eigenvalue weighted by atomic mass is 32.2. The van der Waals surface area contributed by atoms with Gasteiger partial charge in [0.15, 0.2) is 0 Å². The predicted octanol–water partition coefficient (Wildman–Crippen LogP) is -1.94. The summed E-state index contributed by atoms with van der Waals surface area (Å²) in [5.41, 5.74) is 10.5. The van der Waals surface area contributed by atoms with E-state index in [1.54, 1.807) is 6.92 Å². The lowest BCUT2D eigenvalue weighted by molar-refractivity contribution is 0.426. The van der Waals surface area contributed by atoms with Crippen molar-refractivity contribution in [3.05, 3.63) is 0 Å². The Bertz CT molecular complexity index is 217. The van der Waals surface area contributed by atoms with Gasteiger partial charge in [0.05, 0.1) is 0 Å². The molecule has 0 fully saturated rings. The second-order valence-electron chi connectivity index (χ2n) is 2.47. The summed E-state index contributed by atoms with van der Waals surface area (Å²) >= 11 is 0. The van der Waals surface area contributed by atoms with Crippen molar-refractivity contribution in [1.29, 1.82) is 0 Å². The van der Waals surface area contributed by atoms with Gasteiger partial charge in [-0.1, -0.05) is 6.92 Å². The summed E-state index contributed by atoms with van der Waals surface area (Å²) in [4.78, 5) is 0. The summed E-state index contributed by atoms with van der Waals surface area (Å²) in [7, 11) is -3.37. The van der Waals surface area contributed by atoms with Crippen molar-refractivity contribution in [2.24, 2.45) is 11.5 Å². The van der Waals surface area contributed by atoms with Gasteiger partial charge >= 0.3 is 0 Å². The molecule has 0 aromatic rings. The summed E-state index contributed by atoms with van der Waals surface area (Å²) in [5.74, 6) is 0. The third kappa shape index (κ3) is 4.53. The fourth-order valence-corrected chi connectivity index (χ4v) is 2.12. The van der Waals surface area contributed by atoms with Crippen molar-refractivity contribution in [2.45, 2.75) is 6.92 Å². The molecular weight excluding hydrogens is 192 g/mol. The fraction of sp³-hybridized carbons (Fsp3) is 1.00. The molecule has 0 aliphatic carbocycles. The molecule has 13 heavy (non-hydrogen) atoms. The minimum Gasteiger partial charge on any atom is -0.329 e. The Hall–Kier alpha value is -0.210. The molecule has 7 heteroatoms. The number of nitrogens with zero attached hydrogens (tertiary/aromatic N) is 1. The van der Waals surface area contributed by atoms with Gasteiger partial charge in [-0.05, 0) is 0 Å². The quantitative estimate of drug-likeness (QED) is 0.455. The zero-order valence-corrected chi connectivity index (χ0v) is 8.68. The van der Waals surface area contributed by atoms with Gasteiger partial charge in [0, 0.05) is 32.7 Å². The second kappa shape index (κ2) is 6.28. The summed E-state index contributed by atoms with van der Waals surface area (Å²) < 4.78 is 26.5. The van der Waals surface area contributed by atoms with Crippen LogP contribution in [0.1, 0.15) is 6.92 Å². The van der Waals surface area contributed by atoms with E-state index in [1.807, 2.05) is 0 Å².